The molecule has 0 aliphatic heterocycles. The average molecular weight is 233 g/mol. The molecule has 2 N–H and O–H groups in total. The fraction of sp³-hybridized carbons (Fsp3) is 0.538. The largest absolute Gasteiger partial charge is 0.370 e. The minimum Gasteiger partial charge on any atom is -0.370 e. The Balaban J connectivity index is 2.16. The van der Waals surface area contributed by atoms with Gasteiger partial charge in [0.05, 0.1) is 0 Å². The maximum Gasteiger partial charge on any atom is 0.251 e. The molecule has 17 heavy (non-hydrogen) atoms. The van der Waals surface area contributed by atoms with E-state index in [2.05, 4.69) is 22.5 Å². The lowest BCUT2D eigenvalue weighted by Gasteiger charge is -2.12. The van der Waals surface area contributed by atoms with Crippen molar-refractivity contribution in [2.75, 3.05) is 11.9 Å². The summed E-state index contributed by atoms with van der Waals surface area (Å²) in [5.74, 6) is 0.758. The van der Waals surface area contributed by atoms with E-state index in [1.54, 1.807) is 6.07 Å². The molecule has 0 unspecified atom stereocenters. The summed E-state index contributed by atoms with van der Waals surface area (Å²) >= 11 is 0. The third kappa shape index (κ3) is 2.96. The van der Waals surface area contributed by atoms with Crippen LogP contribution in [0.1, 0.15) is 42.7 Å². The highest BCUT2D eigenvalue weighted by Gasteiger charge is 2.38. The summed E-state index contributed by atoms with van der Waals surface area (Å²) in [5, 5.41) is 6.18. The van der Waals surface area contributed by atoms with Gasteiger partial charge in [-0.3, -0.25) is 4.79 Å². The second-order valence-electron chi connectivity index (χ2n) is 4.93. The van der Waals surface area contributed by atoms with Gasteiger partial charge in [0.15, 0.2) is 0 Å². The van der Waals surface area contributed by atoms with E-state index in [1.807, 2.05) is 19.9 Å². The highest BCUT2D eigenvalue weighted by Crippen LogP contribution is 2.34. The van der Waals surface area contributed by atoms with Gasteiger partial charge in [0.2, 0.25) is 0 Å². The summed E-state index contributed by atoms with van der Waals surface area (Å²) in [6.45, 7) is 6.78. The van der Waals surface area contributed by atoms with Crippen LogP contribution in [0.2, 0.25) is 0 Å². The van der Waals surface area contributed by atoms with Gasteiger partial charge < -0.3 is 10.6 Å². The predicted octanol–water partition coefficient (Wildman–Crippen LogP) is 2.10. The fourth-order valence-corrected chi connectivity index (χ4v) is 1.73. The normalized spacial score (nSPS) is 16.4. The minimum absolute atomic E-state index is 0.00495. The average Bonchev–Trinajstić information content (AvgIpc) is 2.95. The summed E-state index contributed by atoms with van der Waals surface area (Å²) in [4.78, 5) is 16.4. The Morgan fingerprint density at radius 1 is 1.47 bits per heavy atom. The number of aromatic nitrogens is 1. The minimum atomic E-state index is -0.00495. The topological polar surface area (TPSA) is 54.0 Å². The van der Waals surface area contributed by atoms with Crippen molar-refractivity contribution >= 4 is 11.7 Å². The number of amides is 1. The van der Waals surface area contributed by atoms with Gasteiger partial charge in [0.25, 0.3) is 5.91 Å². The molecular formula is C13H19N3O. The molecule has 1 fully saturated rings. The third-order valence-corrected chi connectivity index (χ3v) is 2.99. The maximum atomic E-state index is 12.0. The van der Waals surface area contributed by atoms with Crippen LogP contribution in [0.25, 0.3) is 0 Å². The molecule has 0 spiro atoms. The van der Waals surface area contributed by atoms with Crippen LogP contribution in [0, 0.1) is 6.92 Å². The molecule has 2 rings (SSSR count). The van der Waals surface area contributed by atoms with Crippen molar-refractivity contribution in [3.63, 3.8) is 0 Å². The lowest BCUT2D eigenvalue weighted by molar-refractivity contribution is 0.0935. The first-order valence-electron chi connectivity index (χ1n) is 6.07. The lowest BCUT2D eigenvalue weighted by Crippen LogP contribution is -2.34. The molecule has 4 nitrogen and oxygen atoms in total. The van der Waals surface area contributed by atoms with Gasteiger partial charge in [-0.15, -0.1) is 0 Å². The number of rotatable bonds is 4. The number of aryl methyl sites for hydroxylation is 1. The van der Waals surface area contributed by atoms with Crippen molar-refractivity contribution in [2.45, 2.75) is 39.2 Å². The van der Waals surface area contributed by atoms with Crippen LogP contribution in [0.3, 0.4) is 0 Å². The zero-order chi connectivity index (χ0) is 12.5. The first kappa shape index (κ1) is 11.9. The van der Waals surface area contributed by atoms with E-state index in [-0.39, 0.29) is 11.4 Å². The highest BCUT2D eigenvalue weighted by atomic mass is 16.1. The molecule has 0 saturated heterocycles. The van der Waals surface area contributed by atoms with Crippen LogP contribution in [-0.2, 0) is 0 Å². The Morgan fingerprint density at radius 3 is 2.76 bits per heavy atom. The molecule has 4 heteroatoms. The second kappa shape index (κ2) is 4.35. The molecule has 92 valence electrons. The molecule has 0 radical (unpaired) electrons. The molecule has 1 aliphatic carbocycles. The number of carbonyl (C=O) groups excluding carboxylic acids is 1. The number of nitrogens with zero attached hydrogens (tertiary/aromatic N) is 1. The number of nitrogens with one attached hydrogen (secondary N) is 2. The molecule has 1 aromatic heterocycles. The van der Waals surface area contributed by atoms with Crippen molar-refractivity contribution in [1.29, 1.82) is 0 Å². The Kier molecular flexibility index (Phi) is 3.05. The number of pyridine rings is 1. The zero-order valence-electron chi connectivity index (χ0n) is 10.6. The van der Waals surface area contributed by atoms with Gasteiger partial charge in [-0.25, -0.2) is 4.98 Å². The number of anilines is 1. The van der Waals surface area contributed by atoms with Crippen molar-refractivity contribution < 1.29 is 4.79 Å². The van der Waals surface area contributed by atoms with Gasteiger partial charge in [-0.1, -0.05) is 0 Å². The molecule has 0 aromatic carbocycles. The van der Waals surface area contributed by atoms with Crippen molar-refractivity contribution in [1.82, 2.24) is 10.3 Å². The van der Waals surface area contributed by atoms with Crippen molar-refractivity contribution in [3.8, 4) is 0 Å². The van der Waals surface area contributed by atoms with E-state index in [9.17, 15) is 4.79 Å². The van der Waals surface area contributed by atoms with Gasteiger partial charge in [-0.2, -0.15) is 0 Å². The molecule has 1 amide bonds. The third-order valence-electron chi connectivity index (χ3n) is 2.99. The summed E-state index contributed by atoms with van der Waals surface area (Å²) in [6, 6.07) is 3.62. The molecule has 0 bridgehead atoms. The SMILES string of the molecule is CCNc1cc(C(=O)NC2(C)CC2)cc(C)n1. The molecular weight excluding hydrogens is 214 g/mol. The summed E-state index contributed by atoms with van der Waals surface area (Å²) < 4.78 is 0. The second-order valence-corrected chi connectivity index (χ2v) is 4.93. The summed E-state index contributed by atoms with van der Waals surface area (Å²) in [6.07, 6.45) is 2.14. The predicted molar refractivity (Wildman–Crippen MR) is 68.2 cm³/mol. The number of carbonyl (C=O) groups is 1. The van der Waals surface area contributed by atoms with Crippen molar-refractivity contribution in [3.05, 3.63) is 23.4 Å². The fourth-order valence-electron chi connectivity index (χ4n) is 1.73. The summed E-state index contributed by atoms with van der Waals surface area (Å²) in [7, 11) is 0. The first-order valence-corrected chi connectivity index (χ1v) is 6.07. The monoisotopic (exact) mass is 233 g/mol. The first-order chi connectivity index (χ1) is 8.02. The van der Waals surface area contributed by atoms with Crippen LogP contribution in [-0.4, -0.2) is 23.0 Å². The van der Waals surface area contributed by atoms with Gasteiger partial charge in [0, 0.05) is 23.3 Å². The quantitative estimate of drug-likeness (QED) is 0.837. The highest BCUT2D eigenvalue weighted by molar-refractivity contribution is 5.95. The molecule has 0 atom stereocenters. The number of hydrogen-bond donors (Lipinski definition) is 2. The zero-order valence-corrected chi connectivity index (χ0v) is 10.6. The van der Waals surface area contributed by atoms with E-state index < -0.39 is 0 Å². The van der Waals surface area contributed by atoms with Crippen molar-refractivity contribution in [2.24, 2.45) is 0 Å². The Morgan fingerprint density at radius 2 is 2.18 bits per heavy atom. The molecule has 1 aromatic rings. The van der Waals surface area contributed by atoms with E-state index in [0.29, 0.717) is 5.56 Å². The van der Waals surface area contributed by atoms with Crippen LogP contribution in [0.4, 0.5) is 5.82 Å². The van der Waals surface area contributed by atoms with Crippen LogP contribution >= 0.6 is 0 Å². The van der Waals surface area contributed by atoms with E-state index in [1.165, 1.54) is 0 Å². The maximum absolute atomic E-state index is 12.0. The smallest absolute Gasteiger partial charge is 0.251 e. The Labute approximate surface area is 102 Å². The van der Waals surface area contributed by atoms with Gasteiger partial charge >= 0.3 is 0 Å². The molecule has 1 saturated carbocycles. The van der Waals surface area contributed by atoms with Gasteiger partial charge in [0.1, 0.15) is 5.82 Å². The number of hydrogen-bond acceptors (Lipinski definition) is 3. The standard InChI is InChI=1S/C13H19N3O/c1-4-14-11-8-10(7-9(2)15-11)12(17)16-13(3)5-6-13/h7-8H,4-6H2,1-3H3,(H,14,15)(H,16,17). The van der Waals surface area contributed by atoms with Crippen LogP contribution < -0.4 is 10.6 Å². The Hall–Kier alpha value is -1.58. The van der Waals surface area contributed by atoms with E-state index in [4.69, 9.17) is 0 Å². The van der Waals surface area contributed by atoms with Crippen LogP contribution in [0.5, 0.6) is 0 Å². The Bertz CT molecular complexity index is 438. The summed E-state index contributed by atoms with van der Waals surface area (Å²) in [5.41, 5.74) is 1.56. The van der Waals surface area contributed by atoms with Crippen LogP contribution in [0.15, 0.2) is 12.1 Å². The lowest BCUT2D eigenvalue weighted by atomic mass is 10.2. The van der Waals surface area contributed by atoms with Gasteiger partial charge in [-0.05, 0) is 45.7 Å². The molecule has 1 heterocycles. The van der Waals surface area contributed by atoms with E-state index in [0.717, 1.165) is 30.9 Å². The van der Waals surface area contributed by atoms with E-state index >= 15 is 0 Å². The molecule has 1 aliphatic rings.